The van der Waals surface area contributed by atoms with Crippen molar-refractivity contribution < 1.29 is 24.1 Å². The van der Waals surface area contributed by atoms with Gasteiger partial charge in [0, 0.05) is 0 Å². The number of rotatable bonds is 5. The van der Waals surface area contributed by atoms with Crippen molar-refractivity contribution in [2.24, 2.45) is 0 Å². The van der Waals surface area contributed by atoms with Gasteiger partial charge in [-0.2, -0.15) is 0 Å². The molecule has 0 unspecified atom stereocenters. The van der Waals surface area contributed by atoms with Gasteiger partial charge in [-0.1, -0.05) is 30.3 Å². The van der Waals surface area contributed by atoms with Crippen molar-refractivity contribution >= 4 is 15.8 Å². The van der Waals surface area contributed by atoms with Crippen LogP contribution in [0.4, 0.5) is 0 Å². The number of hydrogen-bond donors (Lipinski definition) is 1. The van der Waals surface area contributed by atoms with Gasteiger partial charge in [0.15, 0.2) is 9.84 Å². The Morgan fingerprint density at radius 2 is 1.88 bits per heavy atom. The molecule has 5 nitrogen and oxygen atoms in total. The van der Waals surface area contributed by atoms with Crippen molar-refractivity contribution in [3.63, 3.8) is 0 Å². The Balaban J connectivity index is 2.70. The van der Waals surface area contributed by atoms with Crippen LogP contribution in [0.3, 0.4) is 0 Å². The standard InChI is InChI=1S/C10H13NO4S/c11-9(10(12)13)7-16(14,15)6-8-4-2-1-3-5-8/h1-5,9H,6-7,11H2,(H,12,13)/t9-/m0/s1. The largest absolute Gasteiger partial charge is 0.544 e. The Morgan fingerprint density at radius 1 is 1.31 bits per heavy atom. The maximum Gasteiger partial charge on any atom is 0.160 e. The van der Waals surface area contributed by atoms with E-state index < -0.39 is 27.6 Å². The number of carboxylic acid groups (broad SMARTS) is 1. The topological polar surface area (TPSA) is 102 Å². The van der Waals surface area contributed by atoms with E-state index in [1.54, 1.807) is 30.3 Å². The molecule has 0 bridgehead atoms. The van der Waals surface area contributed by atoms with Gasteiger partial charge in [-0.15, -0.1) is 0 Å². The highest BCUT2D eigenvalue weighted by atomic mass is 32.2. The maximum absolute atomic E-state index is 11.6. The second kappa shape index (κ2) is 5.09. The van der Waals surface area contributed by atoms with Gasteiger partial charge < -0.3 is 15.6 Å². The zero-order chi connectivity index (χ0) is 12.2. The Bertz CT molecular complexity index is 455. The summed E-state index contributed by atoms with van der Waals surface area (Å²) in [4.78, 5) is 10.4. The lowest BCUT2D eigenvalue weighted by Crippen LogP contribution is -2.70. The zero-order valence-electron chi connectivity index (χ0n) is 8.63. The number of aliphatic carboxylic acids is 1. The van der Waals surface area contributed by atoms with Crippen LogP contribution in [0.1, 0.15) is 5.56 Å². The van der Waals surface area contributed by atoms with Gasteiger partial charge in [0.1, 0.15) is 17.8 Å². The van der Waals surface area contributed by atoms with Crippen LogP contribution in [-0.2, 0) is 20.4 Å². The van der Waals surface area contributed by atoms with Gasteiger partial charge in [0.2, 0.25) is 0 Å². The molecular weight excluding hydrogens is 230 g/mol. The van der Waals surface area contributed by atoms with E-state index in [4.69, 9.17) is 0 Å². The Morgan fingerprint density at radius 3 is 2.38 bits per heavy atom. The molecule has 0 radical (unpaired) electrons. The van der Waals surface area contributed by atoms with Gasteiger partial charge in [-0.25, -0.2) is 8.42 Å². The van der Waals surface area contributed by atoms with Gasteiger partial charge in [0.25, 0.3) is 0 Å². The van der Waals surface area contributed by atoms with Crippen molar-refractivity contribution in [3.8, 4) is 0 Å². The normalized spacial score (nSPS) is 13.3. The molecule has 1 aromatic carbocycles. The molecule has 0 amide bonds. The first kappa shape index (κ1) is 12.7. The van der Waals surface area contributed by atoms with Gasteiger partial charge >= 0.3 is 0 Å². The summed E-state index contributed by atoms with van der Waals surface area (Å²) in [5.41, 5.74) is 3.86. The molecule has 6 heteroatoms. The smallest absolute Gasteiger partial charge is 0.160 e. The Labute approximate surface area is 93.8 Å². The highest BCUT2D eigenvalue weighted by Crippen LogP contribution is 2.06. The van der Waals surface area contributed by atoms with E-state index >= 15 is 0 Å². The van der Waals surface area contributed by atoms with Crippen molar-refractivity contribution in [3.05, 3.63) is 35.9 Å². The molecule has 1 aromatic rings. The number of carbonyl (C=O) groups is 1. The summed E-state index contributed by atoms with van der Waals surface area (Å²) in [5.74, 6) is -2.12. The number of carboxylic acids is 1. The summed E-state index contributed by atoms with van der Waals surface area (Å²) in [6.07, 6.45) is 0. The fraction of sp³-hybridized carbons (Fsp3) is 0.300. The molecule has 0 aliphatic heterocycles. The second-order valence-corrected chi connectivity index (χ2v) is 5.67. The summed E-state index contributed by atoms with van der Waals surface area (Å²) in [7, 11) is -3.46. The average molecular weight is 243 g/mol. The average Bonchev–Trinajstić information content (AvgIpc) is 2.17. The van der Waals surface area contributed by atoms with Crippen molar-refractivity contribution in [1.29, 1.82) is 0 Å². The lowest BCUT2D eigenvalue weighted by atomic mass is 10.2. The Hall–Kier alpha value is -1.40. The monoisotopic (exact) mass is 243 g/mol. The van der Waals surface area contributed by atoms with Crippen LogP contribution in [0, 0.1) is 0 Å². The van der Waals surface area contributed by atoms with Crippen LogP contribution in [0.25, 0.3) is 0 Å². The lowest BCUT2D eigenvalue weighted by Gasteiger charge is -2.09. The van der Waals surface area contributed by atoms with E-state index in [1.807, 2.05) is 0 Å². The van der Waals surface area contributed by atoms with E-state index in [-0.39, 0.29) is 5.75 Å². The third-order valence-corrected chi connectivity index (χ3v) is 3.70. The van der Waals surface area contributed by atoms with Crippen LogP contribution in [0.2, 0.25) is 0 Å². The summed E-state index contributed by atoms with van der Waals surface area (Å²) in [5, 5.41) is 10.4. The molecule has 1 rings (SSSR count). The third kappa shape index (κ3) is 4.00. The summed E-state index contributed by atoms with van der Waals surface area (Å²) in [6.45, 7) is 0. The third-order valence-electron chi connectivity index (χ3n) is 2.02. The second-order valence-electron chi connectivity index (χ2n) is 3.56. The molecular formula is C10H13NO4S. The van der Waals surface area contributed by atoms with Crippen molar-refractivity contribution in [1.82, 2.24) is 0 Å². The Kier molecular flexibility index (Phi) is 4.03. The number of quaternary nitrogens is 1. The van der Waals surface area contributed by atoms with E-state index in [0.29, 0.717) is 5.56 Å². The minimum atomic E-state index is -3.46. The van der Waals surface area contributed by atoms with Crippen molar-refractivity contribution in [2.75, 3.05) is 5.75 Å². The van der Waals surface area contributed by atoms with E-state index in [1.165, 1.54) is 0 Å². The number of carbonyl (C=O) groups excluding carboxylic acids is 1. The summed E-state index contributed by atoms with van der Waals surface area (Å²) < 4.78 is 23.2. The molecule has 1 atom stereocenters. The molecule has 0 aliphatic rings. The van der Waals surface area contributed by atoms with Gasteiger partial charge in [-0.05, 0) is 5.56 Å². The first-order valence-electron chi connectivity index (χ1n) is 4.69. The van der Waals surface area contributed by atoms with Crippen molar-refractivity contribution in [2.45, 2.75) is 11.8 Å². The van der Waals surface area contributed by atoms with Gasteiger partial charge in [-0.3, -0.25) is 0 Å². The van der Waals surface area contributed by atoms with Crippen LogP contribution in [0.5, 0.6) is 0 Å². The predicted octanol–water partition coefficient (Wildman–Crippen LogP) is -2.04. The first-order valence-corrected chi connectivity index (χ1v) is 6.51. The van der Waals surface area contributed by atoms with E-state index in [0.717, 1.165) is 0 Å². The molecule has 0 heterocycles. The summed E-state index contributed by atoms with van der Waals surface area (Å²) >= 11 is 0. The molecule has 88 valence electrons. The molecule has 0 saturated heterocycles. The number of benzene rings is 1. The number of sulfone groups is 1. The molecule has 0 fully saturated rings. The molecule has 0 saturated carbocycles. The summed E-state index contributed by atoms with van der Waals surface area (Å²) in [6, 6.07) is 7.36. The highest BCUT2D eigenvalue weighted by molar-refractivity contribution is 7.90. The van der Waals surface area contributed by atoms with Crippen LogP contribution in [-0.4, -0.2) is 26.2 Å². The molecule has 0 aliphatic carbocycles. The molecule has 3 N–H and O–H groups in total. The predicted molar refractivity (Wildman–Crippen MR) is 55.6 cm³/mol. The molecule has 0 spiro atoms. The molecule has 16 heavy (non-hydrogen) atoms. The highest BCUT2D eigenvalue weighted by Gasteiger charge is 2.19. The fourth-order valence-electron chi connectivity index (χ4n) is 1.26. The SMILES string of the molecule is [NH3+][C@@H](CS(=O)(=O)Cc1ccccc1)C(=O)[O-]. The molecule has 0 aromatic heterocycles. The lowest BCUT2D eigenvalue weighted by molar-refractivity contribution is -0.431. The van der Waals surface area contributed by atoms with Crippen LogP contribution < -0.4 is 10.8 Å². The zero-order valence-corrected chi connectivity index (χ0v) is 9.44. The maximum atomic E-state index is 11.6. The van der Waals surface area contributed by atoms with E-state index in [9.17, 15) is 18.3 Å². The number of hydrogen-bond acceptors (Lipinski definition) is 4. The van der Waals surface area contributed by atoms with E-state index in [2.05, 4.69) is 5.73 Å². The first-order chi connectivity index (χ1) is 7.41. The van der Waals surface area contributed by atoms with Gasteiger partial charge in [0.05, 0.1) is 5.75 Å². The minimum Gasteiger partial charge on any atom is -0.544 e. The van der Waals surface area contributed by atoms with Crippen LogP contribution >= 0.6 is 0 Å². The van der Waals surface area contributed by atoms with Crippen LogP contribution in [0.15, 0.2) is 30.3 Å². The minimum absolute atomic E-state index is 0.173. The fourth-order valence-corrected chi connectivity index (χ4v) is 2.83. The quantitative estimate of drug-likeness (QED) is 0.643.